The molecule has 66 valence electrons. The molecule has 0 aliphatic heterocycles. The minimum Gasteiger partial charge on any atom is -0.295 e. The van der Waals surface area contributed by atoms with Crippen molar-refractivity contribution in [3.63, 3.8) is 0 Å². The minimum atomic E-state index is 0.349. The lowest BCUT2D eigenvalue weighted by atomic mass is 9.51. The van der Waals surface area contributed by atoms with E-state index in [2.05, 4.69) is 22.6 Å². The Kier molecular flexibility index (Phi) is 2.27. The topological polar surface area (TPSA) is 17.1 Å². The third-order valence-corrected chi connectivity index (χ3v) is 3.76. The molecule has 0 bridgehead atoms. The van der Waals surface area contributed by atoms with Crippen LogP contribution in [0.15, 0.2) is 10.2 Å². The highest BCUT2D eigenvalue weighted by molar-refractivity contribution is 14.1. The molecule has 0 radical (unpaired) electrons. The number of ketones is 1. The van der Waals surface area contributed by atoms with Crippen molar-refractivity contribution in [1.82, 2.24) is 0 Å². The number of hydrogen-bond donors (Lipinski definition) is 0. The number of carbonyl (C=O) groups is 1. The number of halogens is 1. The van der Waals surface area contributed by atoms with Gasteiger partial charge >= 0.3 is 0 Å². The zero-order valence-corrected chi connectivity index (χ0v) is 9.21. The Morgan fingerprint density at radius 2 is 2.08 bits per heavy atom. The lowest BCUT2D eigenvalue weighted by Crippen LogP contribution is -2.45. The normalized spacial score (nSPS) is 27.1. The van der Waals surface area contributed by atoms with Crippen LogP contribution < -0.4 is 0 Å². The Bertz CT molecular complexity index is 220. The van der Waals surface area contributed by atoms with Gasteiger partial charge in [-0.25, -0.2) is 0 Å². The van der Waals surface area contributed by atoms with Crippen LogP contribution in [0.5, 0.6) is 0 Å². The summed E-state index contributed by atoms with van der Waals surface area (Å²) in [5.41, 5.74) is 0.638. The molecule has 2 rings (SSSR count). The molecule has 2 fully saturated rings. The van der Waals surface area contributed by atoms with E-state index in [0.717, 1.165) is 0 Å². The van der Waals surface area contributed by atoms with Gasteiger partial charge in [-0.1, -0.05) is 29.0 Å². The average Bonchev–Trinajstić information content (AvgIpc) is 1.81. The first-order valence-corrected chi connectivity index (χ1v) is 5.81. The van der Waals surface area contributed by atoms with Crippen molar-refractivity contribution in [3.8, 4) is 0 Å². The van der Waals surface area contributed by atoms with Crippen LogP contribution in [0.25, 0.3) is 0 Å². The summed E-state index contributed by atoms with van der Waals surface area (Å²) in [6, 6.07) is 0. The fraction of sp³-hybridized carbons (Fsp3) is 0.700. The average molecular weight is 276 g/mol. The Morgan fingerprint density at radius 1 is 1.42 bits per heavy atom. The highest BCUT2D eigenvalue weighted by Crippen LogP contribution is 2.58. The molecule has 0 amide bonds. The summed E-state index contributed by atoms with van der Waals surface area (Å²) in [6.07, 6.45) is 8.22. The van der Waals surface area contributed by atoms with Crippen LogP contribution in [0.3, 0.4) is 0 Å². The number of rotatable bonds is 2. The maximum Gasteiger partial charge on any atom is 0.159 e. The third kappa shape index (κ3) is 1.34. The molecule has 0 aromatic rings. The maximum absolute atomic E-state index is 11.4. The molecule has 0 atom stereocenters. The largest absolute Gasteiger partial charge is 0.295 e. The number of hydrogen-bond acceptors (Lipinski definition) is 1. The summed E-state index contributed by atoms with van der Waals surface area (Å²) in [7, 11) is 0. The van der Waals surface area contributed by atoms with Gasteiger partial charge in [0.25, 0.3) is 0 Å². The fourth-order valence-corrected chi connectivity index (χ4v) is 2.82. The second kappa shape index (κ2) is 3.13. The molecule has 0 unspecified atom stereocenters. The summed E-state index contributed by atoms with van der Waals surface area (Å²) in [5.74, 6) is 0.721. The second-order valence-corrected chi connectivity index (χ2v) is 4.87. The molecule has 2 aliphatic rings. The van der Waals surface area contributed by atoms with Crippen molar-refractivity contribution >= 4 is 28.4 Å². The van der Waals surface area contributed by atoms with Crippen LogP contribution >= 0.6 is 22.6 Å². The van der Waals surface area contributed by atoms with Crippen LogP contribution in [0.2, 0.25) is 0 Å². The lowest BCUT2D eigenvalue weighted by Gasteiger charge is -2.53. The van der Waals surface area contributed by atoms with Gasteiger partial charge in [-0.15, -0.1) is 0 Å². The molecule has 1 nitrogen and oxygen atoms in total. The summed E-state index contributed by atoms with van der Waals surface area (Å²) in [4.78, 5) is 11.4. The third-order valence-electron chi connectivity index (χ3n) is 3.40. The molecule has 2 aliphatic carbocycles. The van der Waals surface area contributed by atoms with Crippen molar-refractivity contribution in [3.05, 3.63) is 10.2 Å². The highest BCUT2D eigenvalue weighted by atomic mass is 127. The van der Waals surface area contributed by atoms with Crippen LogP contribution in [0, 0.1) is 11.3 Å². The number of allylic oxidation sites excluding steroid dienone is 1. The molecule has 12 heavy (non-hydrogen) atoms. The van der Waals surface area contributed by atoms with Gasteiger partial charge in [0.15, 0.2) is 5.78 Å². The first-order chi connectivity index (χ1) is 5.76. The van der Waals surface area contributed by atoms with Crippen LogP contribution in [0.1, 0.15) is 32.1 Å². The van der Waals surface area contributed by atoms with E-state index in [1.807, 2.05) is 4.08 Å². The van der Waals surface area contributed by atoms with Crippen LogP contribution in [0.4, 0.5) is 0 Å². The van der Waals surface area contributed by atoms with Gasteiger partial charge in [0.05, 0.1) is 0 Å². The monoisotopic (exact) mass is 276 g/mol. The van der Waals surface area contributed by atoms with E-state index in [9.17, 15) is 4.79 Å². The van der Waals surface area contributed by atoms with Crippen molar-refractivity contribution in [2.24, 2.45) is 11.3 Å². The highest BCUT2D eigenvalue weighted by Gasteiger charge is 2.49. The van der Waals surface area contributed by atoms with E-state index in [1.165, 1.54) is 32.1 Å². The van der Waals surface area contributed by atoms with Crippen molar-refractivity contribution in [2.75, 3.05) is 0 Å². The first-order valence-electron chi connectivity index (χ1n) is 4.56. The zero-order valence-electron chi connectivity index (χ0n) is 7.05. The van der Waals surface area contributed by atoms with E-state index in [1.54, 1.807) is 6.08 Å². The summed E-state index contributed by atoms with van der Waals surface area (Å²) in [5, 5.41) is 0. The van der Waals surface area contributed by atoms with E-state index in [-0.39, 0.29) is 0 Å². The van der Waals surface area contributed by atoms with E-state index >= 15 is 0 Å². The fourth-order valence-electron chi connectivity index (χ4n) is 2.47. The summed E-state index contributed by atoms with van der Waals surface area (Å²) < 4.78 is 1.83. The molecule has 0 N–H and O–H groups in total. The second-order valence-electron chi connectivity index (χ2n) is 4.15. The molecular weight excluding hydrogens is 263 g/mol. The number of carbonyl (C=O) groups excluding carboxylic acids is 1. The molecule has 2 saturated carbocycles. The lowest BCUT2D eigenvalue weighted by molar-refractivity contribution is -0.129. The van der Waals surface area contributed by atoms with Gasteiger partial charge in [-0.3, -0.25) is 4.79 Å². The summed E-state index contributed by atoms with van der Waals surface area (Å²) >= 11 is 2.11. The Hall–Kier alpha value is 0.140. The van der Waals surface area contributed by atoms with E-state index in [0.29, 0.717) is 17.1 Å². The Morgan fingerprint density at radius 3 is 2.50 bits per heavy atom. The Labute approximate surface area is 86.7 Å². The standard InChI is InChI=1S/C10H13IO/c11-5-2-9(12)8-6-10(7-8)3-1-4-10/h2,5,8H,1,3-4,6-7H2/b5-2+. The molecular formula is C10H13IO. The predicted octanol–water partition coefficient (Wildman–Crippen LogP) is 3.08. The van der Waals surface area contributed by atoms with Crippen molar-refractivity contribution < 1.29 is 4.79 Å². The van der Waals surface area contributed by atoms with Gasteiger partial charge < -0.3 is 0 Å². The quantitative estimate of drug-likeness (QED) is 0.559. The van der Waals surface area contributed by atoms with Crippen molar-refractivity contribution in [1.29, 1.82) is 0 Å². The van der Waals surface area contributed by atoms with E-state index in [4.69, 9.17) is 0 Å². The summed E-state index contributed by atoms with van der Waals surface area (Å²) in [6.45, 7) is 0. The minimum absolute atomic E-state index is 0.349. The molecule has 0 aromatic heterocycles. The first kappa shape index (κ1) is 8.73. The predicted molar refractivity (Wildman–Crippen MR) is 57.2 cm³/mol. The Balaban J connectivity index is 1.84. The molecule has 0 aromatic carbocycles. The smallest absolute Gasteiger partial charge is 0.159 e. The van der Waals surface area contributed by atoms with Gasteiger partial charge in [0.1, 0.15) is 0 Å². The molecule has 2 heteroatoms. The van der Waals surface area contributed by atoms with Crippen LogP contribution in [-0.2, 0) is 4.79 Å². The van der Waals surface area contributed by atoms with Gasteiger partial charge in [0.2, 0.25) is 0 Å². The van der Waals surface area contributed by atoms with Gasteiger partial charge in [0, 0.05) is 5.92 Å². The van der Waals surface area contributed by atoms with Gasteiger partial charge in [-0.2, -0.15) is 0 Å². The molecule has 1 spiro atoms. The maximum atomic E-state index is 11.4. The zero-order chi connectivity index (χ0) is 8.60. The molecule has 0 saturated heterocycles. The van der Waals surface area contributed by atoms with Gasteiger partial charge in [-0.05, 0) is 41.3 Å². The SMILES string of the molecule is O=C(/C=C/I)C1CC2(CCC2)C1. The van der Waals surface area contributed by atoms with Crippen LogP contribution in [-0.4, -0.2) is 5.78 Å². The molecule has 0 heterocycles. The van der Waals surface area contributed by atoms with E-state index < -0.39 is 0 Å². The van der Waals surface area contributed by atoms with Crippen molar-refractivity contribution in [2.45, 2.75) is 32.1 Å².